The van der Waals surface area contributed by atoms with Gasteiger partial charge in [-0.3, -0.25) is 4.98 Å². The highest BCUT2D eigenvalue weighted by Crippen LogP contribution is 2.35. The van der Waals surface area contributed by atoms with Gasteiger partial charge in [-0.05, 0) is 15.9 Å². The van der Waals surface area contributed by atoms with Gasteiger partial charge in [0.15, 0.2) is 0 Å². The van der Waals surface area contributed by atoms with E-state index in [1.165, 1.54) is 0 Å². The summed E-state index contributed by atoms with van der Waals surface area (Å²) in [6, 6.07) is 0. The normalized spacial score (nSPS) is 10.8. The second-order valence-corrected chi connectivity index (χ2v) is 3.07. The molecule has 0 amide bonds. The summed E-state index contributed by atoms with van der Waals surface area (Å²) in [5.74, 6) is -0.368. The Hall–Kier alpha value is -0.750. The van der Waals surface area contributed by atoms with Crippen molar-refractivity contribution in [1.82, 2.24) is 4.98 Å². The molecular weight excluding hydrogens is 248 g/mol. The smallest absolute Gasteiger partial charge is 0.266 e. The van der Waals surface area contributed by atoms with Gasteiger partial charge < -0.3 is 10.2 Å². The molecule has 2 N–H and O–H groups in total. The second-order valence-electron chi connectivity index (χ2n) is 2.28. The van der Waals surface area contributed by atoms with Crippen molar-refractivity contribution in [3.05, 3.63) is 21.9 Å². The molecule has 1 aromatic rings. The number of rotatable bonds is 2. The number of pyridine rings is 1. The molecule has 3 nitrogen and oxygen atoms in total. The van der Waals surface area contributed by atoms with Crippen LogP contribution in [-0.4, -0.2) is 15.2 Å². The van der Waals surface area contributed by atoms with Crippen molar-refractivity contribution in [1.29, 1.82) is 0 Å². The quantitative estimate of drug-likeness (QED) is 0.848. The molecule has 0 saturated carbocycles. The van der Waals surface area contributed by atoms with Crippen molar-refractivity contribution < 1.29 is 19.0 Å². The lowest BCUT2D eigenvalue weighted by atomic mass is 10.2. The Morgan fingerprint density at radius 2 is 2.15 bits per heavy atom. The minimum Gasteiger partial charge on any atom is -0.505 e. The first-order valence-corrected chi connectivity index (χ1v) is 4.12. The Morgan fingerprint density at radius 1 is 1.54 bits per heavy atom. The van der Waals surface area contributed by atoms with Crippen LogP contribution in [-0.2, 0) is 6.61 Å². The zero-order valence-electron chi connectivity index (χ0n) is 6.34. The number of nitrogens with zero attached hydrogens (tertiary/aromatic N) is 1. The summed E-state index contributed by atoms with van der Waals surface area (Å²) in [5, 5.41) is 17.7. The summed E-state index contributed by atoms with van der Waals surface area (Å²) in [6.45, 7) is -0.585. The molecule has 72 valence electrons. The first-order chi connectivity index (χ1) is 6.07. The minimum absolute atomic E-state index is 0.124. The van der Waals surface area contributed by atoms with Crippen LogP contribution >= 0.6 is 15.9 Å². The molecule has 1 heterocycles. The Balaban J connectivity index is 3.32. The molecule has 0 unspecified atom stereocenters. The highest BCUT2D eigenvalue weighted by Gasteiger charge is 2.19. The Bertz CT molecular complexity index is 320. The molecule has 0 spiro atoms. The van der Waals surface area contributed by atoms with E-state index in [0.29, 0.717) is 0 Å². The van der Waals surface area contributed by atoms with E-state index in [9.17, 15) is 8.78 Å². The van der Waals surface area contributed by atoms with Crippen molar-refractivity contribution in [3.8, 4) is 5.75 Å². The van der Waals surface area contributed by atoms with E-state index in [2.05, 4.69) is 20.9 Å². The lowest BCUT2D eigenvalue weighted by Gasteiger charge is -2.08. The highest BCUT2D eigenvalue weighted by atomic mass is 79.9. The predicted octanol–water partition coefficient (Wildman–Crippen LogP) is 1.98. The molecule has 1 aromatic heterocycles. The van der Waals surface area contributed by atoms with E-state index in [1.807, 2.05) is 0 Å². The summed E-state index contributed by atoms with van der Waals surface area (Å²) in [5.41, 5.74) is -0.609. The number of hydrogen-bond acceptors (Lipinski definition) is 3. The number of aromatic nitrogens is 1. The Kier molecular flexibility index (Phi) is 3.16. The number of halogens is 3. The molecule has 1 rings (SSSR count). The molecule has 0 aliphatic carbocycles. The zero-order chi connectivity index (χ0) is 10.0. The maximum Gasteiger partial charge on any atom is 0.266 e. The number of aliphatic hydroxyl groups excluding tert-OH is 1. The van der Waals surface area contributed by atoms with Gasteiger partial charge >= 0.3 is 0 Å². The number of hydrogen-bond donors (Lipinski definition) is 2. The van der Waals surface area contributed by atoms with Crippen LogP contribution in [0.1, 0.15) is 17.7 Å². The van der Waals surface area contributed by atoms with Gasteiger partial charge in [0.05, 0.1) is 28.5 Å². The largest absolute Gasteiger partial charge is 0.505 e. The molecule has 0 atom stereocenters. The molecule has 0 radical (unpaired) electrons. The topological polar surface area (TPSA) is 53.4 Å². The third-order valence-electron chi connectivity index (χ3n) is 1.48. The minimum atomic E-state index is -2.78. The van der Waals surface area contributed by atoms with Crippen LogP contribution in [0.4, 0.5) is 8.78 Å². The summed E-state index contributed by atoms with van der Waals surface area (Å²) >= 11 is 2.79. The van der Waals surface area contributed by atoms with Crippen LogP contribution in [0, 0.1) is 0 Å². The van der Waals surface area contributed by atoms with E-state index in [4.69, 9.17) is 10.2 Å². The Morgan fingerprint density at radius 3 is 2.62 bits per heavy atom. The molecule has 13 heavy (non-hydrogen) atoms. The van der Waals surface area contributed by atoms with Crippen LogP contribution in [0.5, 0.6) is 5.75 Å². The van der Waals surface area contributed by atoms with Gasteiger partial charge in [-0.25, -0.2) is 8.78 Å². The van der Waals surface area contributed by atoms with E-state index in [0.717, 1.165) is 6.20 Å². The Labute approximate surface area is 81.2 Å². The highest BCUT2D eigenvalue weighted by molar-refractivity contribution is 9.10. The molecule has 0 aliphatic rings. The molecule has 0 saturated heterocycles. The van der Waals surface area contributed by atoms with E-state index < -0.39 is 18.6 Å². The van der Waals surface area contributed by atoms with Gasteiger partial charge in [0.25, 0.3) is 6.43 Å². The van der Waals surface area contributed by atoms with Crippen LogP contribution < -0.4 is 0 Å². The summed E-state index contributed by atoms with van der Waals surface area (Å²) < 4.78 is 24.6. The maximum atomic E-state index is 12.4. The molecule has 6 heteroatoms. The first-order valence-electron chi connectivity index (χ1n) is 3.33. The van der Waals surface area contributed by atoms with E-state index >= 15 is 0 Å². The predicted molar refractivity (Wildman–Crippen MR) is 44.5 cm³/mol. The fraction of sp³-hybridized carbons (Fsp3) is 0.286. The molecule has 0 aliphatic heterocycles. The summed E-state index contributed by atoms with van der Waals surface area (Å²) in [6.07, 6.45) is -1.78. The summed E-state index contributed by atoms with van der Waals surface area (Å²) in [4.78, 5) is 3.47. The zero-order valence-corrected chi connectivity index (χ0v) is 7.92. The summed E-state index contributed by atoms with van der Waals surface area (Å²) in [7, 11) is 0. The number of aromatic hydroxyl groups is 1. The van der Waals surface area contributed by atoms with Crippen LogP contribution in [0.15, 0.2) is 10.7 Å². The van der Waals surface area contributed by atoms with Crippen molar-refractivity contribution >= 4 is 15.9 Å². The average Bonchev–Trinajstić information content (AvgIpc) is 2.08. The van der Waals surface area contributed by atoms with E-state index in [-0.39, 0.29) is 15.9 Å². The van der Waals surface area contributed by atoms with Crippen LogP contribution in [0.25, 0.3) is 0 Å². The third kappa shape index (κ3) is 1.94. The number of aliphatic hydroxyl groups is 1. The van der Waals surface area contributed by atoms with E-state index in [1.54, 1.807) is 0 Å². The van der Waals surface area contributed by atoms with Crippen LogP contribution in [0.2, 0.25) is 0 Å². The SMILES string of the molecule is OCc1ncc(O)c(Br)c1C(F)F. The fourth-order valence-corrected chi connectivity index (χ4v) is 1.38. The van der Waals surface area contributed by atoms with Gasteiger partial charge in [0, 0.05) is 0 Å². The lowest BCUT2D eigenvalue weighted by Crippen LogP contribution is -1.99. The van der Waals surface area contributed by atoms with Crippen molar-refractivity contribution in [2.24, 2.45) is 0 Å². The van der Waals surface area contributed by atoms with Crippen molar-refractivity contribution in [2.45, 2.75) is 13.0 Å². The molecular formula is C7H6BrF2NO2. The lowest BCUT2D eigenvalue weighted by molar-refractivity contribution is 0.144. The molecule has 0 bridgehead atoms. The average molecular weight is 254 g/mol. The molecule has 0 aromatic carbocycles. The standard InChI is InChI=1S/C7H6BrF2NO2/c8-6-4(13)1-11-3(2-12)5(6)7(9)10/h1,7,12-13H,2H2. The maximum absolute atomic E-state index is 12.4. The van der Waals surface area contributed by atoms with Gasteiger partial charge in [-0.1, -0.05) is 0 Å². The van der Waals surface area contributed by atoms with Crippen LogP contribution in [0.3, 0.4) is 0 Å². The van der Waals surface area contributed by atoms with Gasteiger partial charge in [-0.15, -0.1) is 0 Å². The van der Waals surface area contributed by atoms with Gasteiger partial charge in [0.2, 0.25) is 0 Å². The second kappa shape index (κ2) is 3.97. The van der Waals surface area contributed by atoms with Crippen molar-refractivity contribution in [2.75, 3.05) is 0 Å². The monoisotopic (exact) mass is 253 g/mol. The van der Waals surface area contributed by atoms with Gasteiger partial charge in [0.1, 0.15) is 5.75 Å². The molecule has 0 fully saturated rings. The number of alkyl halides is 2. The van der Waals surface area contributed by atoms with Crippen molar-refractivity contribution in [3.63, 3.8) is 0 Å². The third-order valence-corrected chi connectivity index (χ3v) is 2.32. The van der Waals surface area contributed by atoms with Gasteiger partial charge in [-0.2, -0.15) is 0 Å². The fourth-order valence-electron chi connectivity index (χ4n) is 0.878. The first kappa shape index (κ1) is 10.3.